The predicted octanol–water partition coefficient (Wildman–Crippen LogP) is 3.29. The Morgan fingerprint density at radius 1 is 1.23 bits per heavy atom. The lowest BCUT2D eigenvalue weighted by Crippen LogP contribution is -2.38. The number of amides is 1. The number of aryl methyl sites for hydroxylation is 1. The quantitative estimate of drug-likeness (QED) is 0.757. The number of nitrogens with zero attached hydrogens (tertiary/aromatic N) is 4. The first kappa shape index (κ1) is 16.5. The number of benzene rings is 1. The highest BCUT2D eigenvalue weighted by atomic mass is 16.1. The number of aromatic nitrogens is 4. The van der Waals surface area contributed by atoms with Crippen LogP contribution in [0.2, 0.25) is 0 Å². The molecule has 0 aliphatic carbocycles. The number of carbonyl (C=O) groups is 1. The maximum absolute atomic E-state index is 12.5. The van der Waals surface area contributed by atoms with Gasteiger partial charge in [0, 0.05) is 18.2 Å². The number of anilines is 2. The average molecular weight is 350 g/mol. The summed E-state index contributed by atoms with van der Waals surface area (Å²) in [6.07, 6.45) is 5.41. The molecule has 1 atom stereocenters. The molecule has 1 unspecified atom stereocenters. The van der Waals surface area contributed by atoms with E-state index in [4.69, 9.17) is 0 Å². The fourth-order valence-corrected chi connectivity index (χ4v) is 3.53. The zero-order valence-electron chi connectivity index (χ0n) is 15.0. The Hall–Kier alpha value is -2.96. The van der Waals surface area contributed by atoms with Crippen molar-refractivity contribution in [3.8, 4) is 0 Å². The normalized spacial score (nSPS) is 17.5. The van der Waals surface area contributed by atoms with Gasteiger partial charge in [-0.2, -0.15) is 15.4 Å². The van der Waals surface area contributed by atoms with E-state index in [1.54, 1.807) is 24.4 Å². The van der Waals surface area contributed by atoms with Crippen molar-refractivity contribution in [2.45, 2.75) is 39.2 Å². The van der Waals surface area contributed by atoms with E-state index in [1.165, 1.54) is 19.3 Å². The molecule has 7 nitrogen and oxygen atoms in total. The third-order valence-corrected chi connectivity index (χ3v) is 4.96. The van der Waals surface area contributed by atoms with Crippen LogP contribution in [-0.4, -0.2) is 38.9 Å². The van der Waals surface area contributed by atoms with Gasteiger partial charge in [-0.25, -0.2) is 4.98 Å². The molecule has 1 aromatic carbocycles. The maximum atomic E-state index is 12.5. The molecule has 1 amide bonds. The zero-order valence-corrected chi connectivity index (χ0v) is 15.0. The molecule has 2 aromatic heterocycles. The maximum Gasteiger partial charge on any atom is 0.255 e. The van der Waals surface area contributed by atoms with E-state index in [-0.39, 0.29) is 5.91 Å². The summed E-state index contributed by atoms with van der Waals surface area (Å²) in [7, 11) is 0. The molecular weight excluding hydrogens is 328 g/mol. The van der Waals surface area contributed by atoms with Gasteiger partial charge in [0.2, 0.25) is 0 Å². The van der Waals surface area contributed by atoms with Crippen LogP contribution in [-0.2, 0) is 0 Å². The molecule has 1 aliphatic rings. The Morgan fingerprint density at radius 3 is 2.88 bits per heavy atom. The molecule has 3 aromatic rings. The van der Waals surface area contributed by atoms with Crippen molar-refractivity contribution in [3.63, 3.8) is 0 Å². The number of aromatic amines is 1. The standard InChI is InChI=1S/C19H22N6O/c1-12-9-15(11-20-18(12)25-8-4-3-5-13(25)2)21-19(26)14-6-7-16-17(10-14)23-24-22-16/h6-7,9-11,13H,3-5,8H2,1-2H3,(H,21,26)(H,22,23,24). The molecule has 0 bridgehead atoms. The largest absolute Gasteiger partial charge is 0.354 e. The minimum atomic E-state index is -0.185. The Bertz CT molecular complexity index is 950. The van der Waals surface area contributed by atoms with Gasteiger partial charge in [-0.1, -0.05) is 0 Å². The van der Waals surface area contributed by atoms with Crippen molar-refractivity contribution in [1.29, 1.82) is 0 Å². The Morgan fingerprint density at radius 2 is 2.08 bits per heavy atom. The number of carbonyl (C=O) groups excluding carboxylic acids is 1. The van der Waals surface area contributed by atoms with Gasteiger partial charge in [-0.05, 0) is 62.9 Å². The van der Waals surface area contributed by atoms with Crippen molar-refractivity contribution in [1.82, 2.24) is 20.4 Å². The van der Waals surface area contributed by atoms with E-state index >= 15 is 0 Å². The van der Waals surface area contributed by atoms with Crippen LogP contribution >= 0.6 is 0 Å². The lowest BCUT2D eigenvalue weighted by molar-refractivity contribution is 0.102. The molecular formula is C19H22N6O. The monoisotopic (exact) mass is 350 g/mol. The molecule has 0 radical (unpaired) electrons. The third-order valence-electron chi connectivity index (χ3n) is 4.96. The summed E-state index contributed by atoms with van der Waals surface area (Å²) in [5.74, 6) is 0.828. The Kier molecular flexibility index (Phi) is 4.28. The molecule has 26 heavy (non-hydrogen) atoms. The highest BCUT2D eigenvalue weighted by Crippen LogP contribution is 2.27. The SMILES string of the molecule is Cc1cc(NC(=O)c2ccc3n[nH]nc3c2)cnc1N1CCCCC1C. The molecule has 3 heterocycles. The minimum Gasteiger partial charge on any atom is -0.354 e. The minimum absolute atomic E-state index is 0.185. The van der Waals surface area contributed by atoms with E-state index in [0.717, 1.165) is 23.4 Å². The van der Waals surface area contributed by atoms with E-state index in [9.17, 15) is 4.79 Å². The van der Waals surface area contributed by atoms with E-state index < -0.39 is 0 Å². The van der Waals surface area contributed by atoms with Crippen molar-refractivity contribution in [2.24, 2.45) is 0 Å². The summed E-state index contributed by atoms with van der Waals surface area (Å²) in [6, 6.07) is 7.72. The second-order valence-corrected chi connectivity index (χ2v) is 6.88. The van der Waals surface area contributed by atoms with Crippen LogP contribution in [0.15, 0.2) is 30.5 Å². The van der Waals surface area contributed by atoms with Crippen LogP contribution in [0.5, 0.6) is 0 Å². The van der Waals surface area contributed by atoms with Crippen molar-refractivity contribution in [2.75, 3.05) is 16.8 Å². The summed E-state index contributed by atoms with van der Waals surface area (Å²) in [4.78, 5) is 19.5. The number of pyridine rings is 1. The highest BCUT2D eigenvalue weighted by molar-refractivity contribution is 6.05. The number of fused-ring (bicyclic) bond motifs is 1. The number of hydrogen-bond donors (Lipinski definition) is 2. The predicted molar refractivity (Wildman–Crippen MR) is 101 cm³/mol. The molecule has 1 saturated heterocycles. The van der Waals surface area contributed by atoms with Gasteiger partial charge in [0.15, 0.2) is 0 Å². The fraction of sp³-hybridized carbons (Fsp3) is 0.368. The van der Waals surface area contributed by atoms with E-state index in [0.29, 0.717) is 22.8 Å². The highest BCUT2D eigenvalue weighted by Gasteiger charge is 2.21. The second kappa shape index (κ2) is 6.74. The van der Waals surface area contributed by atoms with Crippen LogP contribution in [0.25, 0.3) is 11.0 Å². The molecule has 1 fully saturated rings. The van der Waals surface area contributed by atoms with Gasteiger partial charge in [0.05, 0.1) is 11.9 Å². The van der Waals surface area contributed by atoms with Gasteiger partial charge < -0.3 is 10.2 Å². The van der Waals surface area contributed by atoms with Crippen LogP contribution < -0.4 is 10.2 Å². The van der Waals surface area contributed by atoms with Gasteiger partial charge in [0.25, 0.3) is 5.91 Å². The lowest BCUT2D eigenvalue weighted by atomic mass is 10.0. The zero-order chi connectivity index (χ0) is 18.1. The number of H-pyrrole nitrogens is 1. The summed E-state index contributed by atoms with van der Waals surface area (Å²) >= 11 is 0. The lowest BCUT2D eigenvalue weighted by Gasteiger charge is -2.35. The molecule has 4 rings (SSSR count). The first-order valence-electron chi connectivity index (χ1n) is 8.97. The average Bonchev–Trinajstić information content (AvgIpc) is 3.10. The van der Waals surface area contributed by atoms with Crippen molar-refractivity contribution < 1.29 is 4.79 Å². The third kappa shape index (κ3) is 3.12. The first-order valence-corrected chi connectivity index (χ1v) is 8.97. The van der Waals surface area contributed by atoms with Gasteiger partial charge in [-0.3, -0.25) is 4.79 Å². The molecule has 1 aliphatic heterocycles. The molecule has 134 valence electrons. The summed E-state index contributed by atoms with van der Waals surface area (Å²) in [5.41, 5.74) is 3.71. The Labute approximate surface area is 151 Å². The summed E-state index contributed by atoms with van der Waals surface area (Å²) in [6.45, 7) is 5.33. The fourth-order valence-electron chi connectivity index (χ4n) is 3.53. The van der Waals surface area contributed by atoms with Gasteiger partial charge in [-0.15, -0.1) is 0 Å². The summed E-state index contributed by atoms with van der Waals surface area (Å²) in [5, 5.41) is 13.5. The van der Waals surface area contributed by atoms with Crippen molar-refractivity contribution >= 4 is 28.4 Å². The van der Waals surface area contributed by atoms with Crippen LogP contribution in [0.1, 0.15) is 42.1 Å². The molecule has 0 spiro atoms. The topological polar surface area (TPSA) is 86.8 Å². The van der Waals surface area contributed by atoms with Crippen LogP contribution in [0, 0.1) is 6.92 Å². The molecule has 0 saturated carbocycles. The van der Waals surface area contributed by atoms with Gasteiger partial charge in [0.1, 0.15) is 16.9 Å². The van der Waals surface area contributed by atoms with E-state index in [2.05, 4.69) is 37.5 Å². The molecule has 7 heteroatoms. The number of rotatable bonds is 3. The number of hydrogen-bond acceptors (Lipinski definition) is 5. The second-order valence-electron chi connectivity index (χ2n) is 6.88. The smallest absolute Gasteiger partial charge is 0.255 e. The summed E-state index contributed by atoms with van der Waals surface area (Å²) < 4.78 is 0. The van der Waals surface area contributed by atoms with Gasteiger partial charge >= 0.3 is 0 Å². The number of piperidine rings is 1. The molecule has 2 N–H and O–H groups in total. The van der Waals surface area contributed by atoms with Crippen LogP contribution in [0.4, 0.5) is 11.5 Å². The first-order chi connectivity index (χ1) is 12.6. The van der Waals surface area contributed by atoms with Crippen LogP contribution in [0.3, 0.4) is 0 Å². The van der Waals surface area contributed by atoms with Crippen molar-refractivity contribution in [3.05, 3.63) is 41.6 Å². The Balaban J connectivity index is 1.52. The van der Waals surface area contributed by atoms with E-state index in [1.807, 2.05) is 13.0 Å². The number of nitrogens with one attached hydrogen (secondary N) is 2.